The summed E-state index contributed by atoms with van der Waals surface area (Å²) in [6, 6.07) is 9.18. The molecule has 6 nitrogen and oxygen atoms in total. The van der Waals surface area contributed by atoms with E-state index in [4.69, 9.17) is 0 Å². The highest BCUT2D eigenvalue weighted by atomic mass is 16.2. The lowest BCUT2D eigenvalue weighted by Crippen LogP contribution is -2.55. The Hall–Kier alpha value is -2.37. The van der Waals surface area contributed by atoms with Crippen LogP contribution in [0.1, 0.15) is 107 Å². The number of benzene rings is 1. The molecule has 0 radical (unpaired) electrons. The maximum atomic E-state index is 13.0. The van der Waals surface area contributed by atoms with Gasteiger partial charge >= 0.3 is 0 Å². The van der Waals surface area contributed by atoms with Crippen LogP contribution in [0.5, 0.6) is 0 Å². The van der Waals surface area contributed by atoms with Crippen molar-refractivity contribution in [3.63, 3.8) is 0 Å². The van der Waals surface area contributed by atoms with E-state index in [-0.39, 0.29) is 35.7 Å². The molecule has 1 aliphatic heterocycles. The zero-order valence-corrected chi connectivity index (χ0v) is 21.6. The maximum absolute atomic E-state index is 13.0. The van der Waals surface area contributed by atoms with Crippen LogP contribution in [0.3, 0.4) is 0 Å². The van der Waals surface area contributed by atoms with E-state index in [2.05, 4.69) is 17.6 Å². The smallest absolute Gasteiger partial charge is 0.251 e. The lowest BCUT2D eigenvalue weighted by Gasteiger charge is -2.36. The van der Waals surface area contributed by atoms with Crippen LogP contribution in [0.15, 0.2) is 30.3 Å². The van der Waals surface area contributed by atoms with Gasteiger partial charge in [-0.3, -0.25) is 14.4 Å². The summed E-state index contributed by atoms with van der Waals surface area (Å²) in [6.45, 7) is 3.57. The highest BCUT2D eigenvalue weighted by molar-refractivity contribution is 5.94. The number of hydrogen-bond donors (Lipinski definition) is 2. The van der Waals surface area contributed by atoms with Gasteiger partial charge in [0, 0.05) is 43.1 Å². The summed E-state index contributed by atoms with van der Waals surface area (Å²) in [7, 11) is 0. The second kappa shape index (κ2) is 14.9. The molecule has 1 heterocycles. The van der Waals surface area contributed by atoms with E-state index >= 15 is 0 Å². The van der Waals surface area contributed by atoms with Crippen LogP contribution in [-0.4, -0.2) is 47.8 Å². The highest BCUT2D eigenvalue weighted by Gasteiger charge is 2.32. The molecule has 1 saturated heterocycles. The van der Waals surface area contributed by atoms with Crippen LogP contribution in [0, 0.1) is 5.92 Å². The Bertz CT molecular complexity index is 790. The molecule has 2 N–H and O–H groups in total. The SMILES string of the molecule is CCCCCCCCCC(=O)N1CCC(C(=O)N[C@@H]2CCCC[C@H]2NC(=O)c2ccccc2)CC1. The minimum Gasteiger partial charge on any atom is -0.351 e. The van der Waals surface area contributed by atoms with Gasteiger partial charge in [-0.05, 0) is 44.2 Å². The van der Waals surface area contributed by atoms with Gasteiger partial charge in [-0.1, -0.05) is 76.5 Å². The number of likely N-dealkylation sites (tertiary alicyclic amines) is 1. The molecular formula is C29H45N3O3. The Morgan fingerprint density at radius 1 is 0.800 bits per heavy atom. The van der Waals surface area contributed by atoms with Crippen LogP contribution in [0.4, 0.5) is 0 Å². The Morgan fingerprint density at radius 2 is 1.40 bits per heavy atom. The van der Waals surface area contributed by atoms with Crippen molar-refractivity contribution in [3.8, 4) is 0 Å². The second-order valence-electron chi connectivity index (χ2n) is 10.4. The number of nitrogens with zero attached hydrogens (tertiary/aromatic N) is 1. The van der Waals surface area contributed by atoms with Crippen molar-refractivity contribution in [2.24, 2.45) is 5.92 Å². The molecule has 2 fully saturated rings. The predicted molar refractivity (Wildman–Crippen MR) is 140 cm³/mol. The summed E-state index contributed by atoms with van der Waals surface area (Å²) in [5, 5.41) is 6.39. The average Bonchev–Trinajstić information content (AvgIpc) is 2.89. The Morgan fingerprint density at radius 3 is 2.06 bits per heavy atom. The first-order chi connectivity index (χ1) is 17.1. The number of hydrogen-bond acceptors (Lipinski definition) is 3. The molecule has 3 rings (SSSR count). The van der Waals surface area contributed by atoms with Crippen LogP contribution in [0.2, 0.25) is 0 Å². The van der Waals surface area contributed by atoms with Crippen molar-refractivity contribution >= 4 is 17.7 Å². The van der Waals surface area contributed by atoms with E-state index < -0.39 is 0 Å². The van der Waals surface area contributed by atoms with Gasteiger partial charge in [0.1, 0.15) is 0 Å². The fraction of sp³-hybridized carbons (Fsp3) is 0.690. The summed E-state index contributed by atoms with van der Waals surface area (Å²) in [4.78, 5) is 40.2. The Balaban J connectivity index is 1.37. The van der Waals surface area contributed by atoms with Gasteiger partial charge < -0.3 is 15.5 Å². The number of amides is 3. The summed E-state index contributed by atoms with van der Waals surface area (Å²) >= 11 is 0. The van der Waals surface area contributed by atoms with Crippen molar-refractivity contribution in [1.82, 2.24) is 15.5 Å². The Kier molecular flexibility index (Phi) is 11.6. The average molecular weight is 484 g/mol. The molecule has 0 unspecified atom stereocenters. The van der Waals surface area contributed by atoms with Crippen molar-refractivity contribution < 1.29 is 14.4 Å². The number of carbonyl (C=O) groups excluding carboxylic acids is 3. The molecule has 3 amide bonds. The first kappa shape index (κ1) is 27.2. The molecule has 2 atom stereocenters. The van der Waals surface area contributed by atoms with Gasteiger partial charge in [-0.25, -0.2) is 0 Å². The molecule has 0 bridgehead atoms. The summed E-state index contributed by atoms with van der Waals surface area (Å²) in [5.41, 5.74) is 0.650. The van der Waals surface area contributed by atoms with E-state index in [1.54, 1.807) is 0 Å². The molecule has 1 saturated carbocycles. The number of rotatable bonds is 12. The molecule has 1 aliphatic carbocycles. The lowest BCUT2D eigenvalue weighted by atomic mass is 9.88. The normalized spacial score (nSPS) is 20.9. The first-order valence-electron chi connectivity index (χ1n) is 14.0. The highest BCUT2D eigenvalue weighted by Crippen LogP contribution is 2.23. The monoisotopic (exact) mass is 483 g/mol. The van der Waals surface area contributed by atoms with Crippen LogP contribution in [0.25, 0.3) is 0 Å². The number of carbonyl (C=O) groups is 3. The van der Waals surface area contributed by atoms with E-state index in [1.165, 1.54) is 32.1 Å². The zero-order valence-electron chi connectivity index (χ0n) is 21.6. The number of piperidine rings is 1. The minimum absolute atomic E-state index is 0.0269. The molecule has 194 valence electrons. The van der Waals surface area contributed by atoms with Gasteiger partial charge in [0.2, 0.25) is 11.8 Å². The number of unbranched alkanes of at least 4 members (excludes halogenated alkanes) is 6. The zero-order chi connectivity index (χ0) is 24.9. The van der Waals surface area contributed by atoms with Crippen molar-refractivity contribution in [2.75, 3.05) is 13.1 Å². The molecule has 6 heteroatoms. The van der Waals surface area contributed by atoms with E-state index in [9.17, 15) is 14.4 Å². The molecule has 2 aliphatic rings. The van der Waals surface area contributed by atoms with E-state index in [1.807, 2.05) is 35.2 Å². The van der Waals surface area contributed by atoms with E-state index in [0.29, 0.717) is 25.1 Å². The van der Waals surface area contributed by atoms with Gasteiger partial charge in [-0.15, -0.1) is 0 Å². The van der Waals surface area contributed by atoms with Crippen LogP contribution < -0.4 is 10.6 Å². The van der Waals surface area contributed by atoms with Crippen molar-refractivity contribution in [3.05, 3.63) is 35.9 Å². The van der Waals surface area contributed by atoms with Crippen molar-refractivity contribution in [2.45, 2.75) is 109 Å². The van der Waals surface area contributed by atoms with Gasteiger partial charge in [0.05, 0.1) is 0 Å². The standard InChI is InChI=1S/C29H45N3O3/c1-2-3-4-5-6-7-11-18-27(33)32-21-19-24(20-22-32)29(35)31-26-17-13-12-16-25(26)30-28(34)23-14-9-8-10-15-23/h8-10,14-15,24-26H,2-7,11-13,16-22H2,1H3,(H,30,34)(H,31,35)/t25-,26-/m1/s1. The lowest BCUT2D eigenvalue weighted by molar-refractivity contribution is -0.136. The molecular weight excluding hydrogens is 438 g/mol. The van der Waals surface area contributed by atoms with E-state index in [0.717, 1.165) is 51.4 Å². The largest absolute Gasteiger partial charge is 0.351 e. The fourth-order valence-electron chi connectivity index (χ4n) is 5.40. The summed E-state index contributed by atoms with van der Waals surface area (Å²) in [5.74, 6) is 0.193. The third-order valence-corrected chi connectivity index (χ3v) is 7.66. The number of nitrogens with one attached hydrogen (secondary N) is 2. The van der Waals surface area contributed by atoms with Gasteiger partial charge in [0.25, 0.3) is 5.91 Å². The molecule has 1 aromatic carbocycles. The fourth-order valence-corrected chi connectivity index (χ4v) is 5.40. The Labute approximate surface area is 211 Å². The molecule has 35 heavy (non-hydrogen) atoms. The predicted octanol–water partition coefficient (Wildman–Crippen LogP) is 5.22. The summed E-state index contributed by atoms with van der Waals surface area (Å²) < 4.78 is 0. The minimum atomic E-state index is -0.0791. The van der Waals surface area contributed by atoms with Crippen LogP contribution >= 0.6 is 0 Å². The molecule has 1 aromatic rings. The third kappa shape index (κ3) is 8.97. The maximum Gasteiger partial charge on any atom is 0.251 e. The quantitative estimate of drug-likeness (QED) is 0.400. The van der Waals surface area contributed by atoms with Gasteiger partial charge in [-0.2, -0.15) is 0 Å². The first-order valence-corrected chi connectivity index (χ1v) is 14.0. The van der Waals surface area contributed by atoms with Crippen LogP contribution in [-0.2, 0) is 9.59 Å². The molecule has 0 aromatic heterocycles. The third-order valence-electron chi connectivity index (χ3n) is 7.66. The van der Waals surface area contributed by atoms with Gasteiger partial charge in [0.15, 0.2) is 0 Å². The van der Waals surface area contributed by atoms with Crippen molar-refractivity contribution in [1.29, 1.82) is 0 Å². The molecule has 0 spiro atoms. The topological polar surface area (TPSA) is 78.5 Å². The second-order valence-corrected chi connectivity index (χ2v) is 10.4. The summed E-state index contributed by atoms with van der Waals surface area (Å²) in [6.07, 6.45) is 14.5.